The Bertz CT molecular complexity index is 1260. The number of anilines is 1. The summed E-state index contributed by atoms with van der Waals surface area (Å²) in [6.07, 6.45) is 8.08. The summed E-state index contributed by atoms with van der Waals surface area (Å²) in [5, 5.41) is 3.40. The van der Waals surface area contributed by atoms with Crippen molar-refractivity contribution in [1.29, 1.82) is 0 Å². The molecule has 0 bridgehead atoms. The number of pyridine rings is 1. The number of rotatable bonds is 6. The van der Waals surface area contributed by atoms with Gasteiger partial charge in [-0.3, -0.25) is 9.39 Å². The molecule has 3 N–H and O–H groups in total. The quantitative estimate of drug-likeness (QED) is 0.463. The molecule has 0 saturated heterocycles. The number of aromatic nitrogens is 4. The van der Waals surface area contributed by atoms with Crippen molar-refractivity contribution in [1.82, 2.24) is 19.4 Å². The summed E-state index contributed by atoms with van der Waals surface area (Å²) in [6, 6.07) is 12.7. The number of fused-ring (bicyclic) bond motifs is 1. The van der Waals surface area contributed by atoms with Crippen LogP contribution in [0.5, 0.6) is 0 Å². The Labute approximate surface area is 179 Å². The highest BCUT2D eigenvalue weighted by Crippen LogP contribution is 2.24. The third-order valence-corrected chi connectivity index (χ3v) is 4.96. The number of nitrogens with zero attached hydrogens (tertiary/aromatic N) is 5. The van der Waals surface area contributed by atoms with E-state index in [4.69, 9.17) is 5.73 Å². The molecular formula is C23H22FN7. The van der Waals surface area contributed by atoms with E-state index in [9.17, 15) is 4.39 Å². The predicted octanol–water partition coefficient (Wildman–Crippen LogP) is 4.10. The first-order valence-electron chi connectivity index (χ1n) is 9.75. The first kappa shape index (κ1) is 20.2. The summed E-state index contributed by atoms with van der Waals surface area (Å²) in [6.45, 7) is 2.06. The summed E-state index contributed by atoms with van der Waals surface area (Å²) >= 11 is 0. The van der Waals surface area contributed by atoms with Crippen LogP contribution in [0.2, 0.25) is 0 Å². The van der Waals surface area contributed by atoms with Gasteiger partial charge >= 0.3 is 0 Å². The molecule has 0 saturated carbocycles. The fourth-order valence-electron chi connectivity index (χ4n) is 3.34. The lowest BCUT2D eigenvalue weighted by molar-refractivity contribution is 0.626. The van der Waals surface area contributed by atoms with E-state index in [-0.39, 0.29) is 11.9 Å². The Morgan fingerprint density at radius 3 is 2.71 bits per heavy atom. The monoisotopic (exact) mass is 415 g/mol. The second-order valence-electron chi connectivity index (χ2n) is 7.00. The fourth-order valence-corrected chi connectivity index (χ4v) is 3.34. The molecule has 31 heavy (non-hydrogen) atoms. The smallest absolute Gasteiger partial charge is 0.140 e. The highest BCUT2D eigenvalue weighted by molar-refractivity contribution is 6.09. The van der Waals surface area contributed by atoms with Crippen LogP contribution in [-0.2, 0) is 0 Å². The first-order chi connectivity index (χ1) is 15.1. The number of hydrogen-bond acceptors (Lipinski definition) is 6. The van der Waals surface area contributed by atoms with Crippen molar-refractivity contribution in [2.24, 2.45) is 10.7 Å². The summed E-state index contributed by atoms with van der Waals surface area (Å²) in [7, 11) is 1.71. The molecule has 4 aromatic rings. The van der Waals surface area contributed by atoms with E-state index in [0.29, 0.717) is 17.2 Å². The van der Waals surface area contributed by atoms with Gasteiger partial charge in [-0.15, -0.1) is 0 Å². The number of nitrogens with one attached hydrogen (secondary N) is 1. The van der Waals surface area contributed by atoms with Crippen molar-refractivity contribution in [2.45, 2.75) is 13.0 Å². The van der Waals surface area contributed by atoms with Crippen LogP contribution in [0.25, 0.3) is 22.6 Å². The molecule has 3 aromatic heterocycles. The third kappa shape index (κ3) is 4.28. The largest absolute Gasteiger partial charge is 0.404 e. The highest BCUT2D eigenvalue weighted by Gasteiger charge is 2.11. The van der Waals surface area contributed by atoms with Crippen molar-refractivity contribution in [3.8, 4) is 11.4 Å². The molecule has 8 heteroatoms. The fraction of sp³-hybridized carbons (Fsp3) is 0.130. The maximum Gasteiger partial charge on any atom is 0.140 e. The summed E-state index contributed by atoms with van der Waals surface area (Å²) in [5.41, 5.74) is 10.6. The predicted molar refractivity (Wildman–Crippen MR) is 121 cm³/mol. The van der Waals surface area contributed by atoms with Crippen molar-refractivity contribution < 1.29 is 4.39 Å². The van der Waals surface area contributed by atoms with Crippen LogP contribution in [-0.4, -0.2) is 32.6 Å². The molecular weight excluding hydrogens is 393 g/mol. The zero-order valence-electron chi connectivity index (χ0n) is 17.2. The maximum absolute atomic E-state index is 13.4. The number of nitrogens with two attached hydrogens (primary N) is 1. The number of halogens is 1. The minimum Gasteiger partial charge on any atom is -0.404 e. The molecule has 1 atom stereocenters. The second-order valence-corrected chi connectivity index (χ2v) is 7.00. The topological polar surface area (TPSA) is 93.5 Å². The van der Waals surface area contributed by atoms with Gasteiger partial charge in [-0.05, 0) is 24.1 Å². The number of hydrogen-bond donors (Lipinski definition) is 2. The van der Waals surface area contributed by atoms with Gasteiger partial charge in [-0.25, -0.2) is 19.3 Å². The zero-order chi connectivity index (χ0) is 21.8. The van der Waals surface area contributed by atoms with Crippen LogP contribution < -0.4 is 11.1 Å². The van der Waals surface area contributed by atoms with Gasteiger partial charge in [-0.2, -0.15) is 0 Å². The summed E-state index contributed by atoms with van der Waals surface area (Å²) < 4.78 is 15.2. The molecule has 0 amide bonds. The van der Waals surface area contributed by atoms with Crippen LogP contribution >= 0.6 is 0 Å². The van der Waals surface area contributed by atoms with Crippen molar-refractivity contribution >= 4 is 23.3 Å². The third-order valence-electron chi connectivity index (χ3n) is 4.96. The van der Waals surface area contributed by atoms with E-state index in [0.717, 1.165) is 22.4 Å². The van der Waals surface area contributed by atoms with E-state index < -0.39 is 0 Å². The molecule has 7 nitrogen and oxygen atoms in total. The van der Waals surface area contributed by atoms with Crippen molar-refractivity contribution in [2.75, 3.05) is 12.4 Å². The van der Waals surface area contributed by atoms with E-state index in [1.165, 1.54) is 18.5 Å². The molecule has 3 heterocycles. The van der Waals surface area contributed by atoms with Gasteiger partial charge in [0.25, 0.3) is 0 Å². The standard InChI is InChI=1S/C23H22FN7/c1-15(16-3-5-17(6-4-16)18(11-25)12-26-2)30-22-10-20(28-14-29-22)21-13-27-23-9-19(24)7-8-31(21)23/h3-15H,25H2,1-2H3,(H,28,29,30)/b18-11+,26-12?. The number of imidazole rings is 1. The van der Waals surface area contributed by atoms with Gasteiger partial charge in [0.2, 0.25) is 0 Å². The molecule has 0 aliphatic heterocycles. The molecule has 1 unspecified atom stereocenters. The van der Waals surface area contributed by atoms with Gasteiger partial charge < -0.3 is 11.1 Å². The van der Waals surface area contributed by atoms with E-state index >= 15 is 0 Å². The van der Waals surface area contributed by atoms with Gasteiger partial charge in [0.05, 0.1) is 17.6 Å². The number of aliphatic imine (C=N–C) groups is 1. The molecule has 0 spiro atoms. The Morgan fingerprint density at radius 2 is 1.97 bits per heavy atom. The average Bonchev–Trinajstić information content (AvgIpc) is 3.21. The van der Waals surface area contributed by atoms with Crippen molar-refractivity contribution in [3.05, 3.63) is 84.3 Å². The lowest BCUT2D eigenvalue weighted by atomic mass is 10.0. The Morgan fingerprint density at radius 1 is 1.16 bits per heavy atom. The Balaban J connectivity index is 1.55. The minimum atomic E-state index is -0.328. The second kappa shape index (κ2) is 8.74. The Hall–Kier alpha value is -4.07. The van der Waals surface area contributed by atoms with Gasteiger partial charge in [0, 0.05) is 49.4 Å². The molecule has 1 aromatic carbocycles. The molecule has 4 rings (SSSR count). The zero-order valence-corrected chi connectivity index (χ0v) is 17.2. The minimum absolute atomic E-state index is 0.0122. The highest BCUT2D eigenvalue weighted by atomic mass is 19.1. The van der Waals surface area contributed by atoms with Gasteiger partial charge in [0.1, 0.15) is 23.6 Å². The lowest BCUT2D eigenvalue weighted by Crippen LogP contribution is -2.08. The molecule has 156 valence electrons. The summed E-state index contributed by atoms with van der Waals surface area (Å²) in [5.74, 6) is 0.352. The van der Waals surface area contributed by atoms with Gasteiger partial charge in [-0.1, -0.05) is 24.3 Å². The molecule has 0 radical (unpaired) electrons. The SMILES string of the molecule is CN=C/C(=C\N)c1ccc(C(C)Nc2cc(-c3cnc4cc(F)ccn34)ncn2)cc1. The number of benzene rings is 1. The van der Waals surface area contributed by atoms with Crippen LogP contribution in [0.15, 0.2) is 72.4 Å². The molecule has 0 fully saturated rings. The number of allylic oxidation sites excluding steroid dienone is 1. The van der Waals surface area contributed by atoms with E-state index in [1.54, 1.807) is 36.3 Å². The lowest BCUT2D eigenvalue weighted by Gasteiger charge is -2.16. The van der Waals surface area contributed by atoms with E-state index in [2.05, 4.69) is 32.2 Å². The first-order valence-corrected chi connectivity index (χ1v) is 9.75. The summed E-state index contributed by atoms with van der Waals surface area (Å²) in [4.78, 5) is 17.0. The van der Waals surface area contributed by atoms with Gasteiger partial charge in [0.15, 0.2) is 0 Å². The average molecular weight is 415 g/mol. The maximum atomic E-state index is 13.4. The van der Waals surface area contributed by atoms with E-state index in [1.807, 2.05) is 30.3 Å². The normalized spacial score (nSPS) is 13.1. The molecule has 0 aliphatic rings. The van der Waals surface area contributed by atoms with Crippen LogP contribution in [0.4, 0.5) is 10.2 Å². The van der Waals surface area contributed by atoms with Crippen LogP contribution in [0.3, 0.4) is 0 Å². The van der Waals surface area contributed by atoms with Crippen LogP contribution in [0.1, 0.15) is 24.1 Å². The van der Waals surface area contributed by atoms with Crippen LogP contribution in [0, 0.1) is 5.82 Å². The van der Waals surface area contributed by atoms with Crippen molar-refractivity contribution in [3.63, 3.8) is 0 Å². The Kier molecular flexibility index (Phi) is 5.70. The molecule has 0 aliphatic carbocycles.